The van der Waals surface area contributed by atoms with Crippen LogP contribution in [0.1, 0.15) is 18.4 Å². The Labute approximate surface area is 121 Å². The summed E-state index contributed by atoms with van der Waals surface area (Å²) in [5.41, 5.74) is 7.01. The lowest BCUT2D eigenvalue weighted by atomic mass is 10.2. The normalized spacial score (nSPS) is 15.6. The van der Waals surface area contributed by atoms with E-state index in [1.807, 2.05) is 0 Å². The first kappa shape index (κ1) is 13.4. The minimum absolute atomic E-state index is 0.542. The van der Waals surface area contributed by atoms with Crippen molar-refractivity contribution in [2.75, 3.05) is 32.0 Å². The number of nitrogens with zero attached hydrogens (tertiary/aromatic N) is 2. The SMILES string of the molecule is N#Cc1cc(N)c(OCCN2CCCC2)c(I)c1. The topological polar surface area (TPSA) is 62.3 Å². The second kappa shape index (κ2) is 6.25. The van der Waals surface area contributed by atoms with Crippen LogP contribution in [0.15, 0.2) is 12.1 Å². The quantitative estimate of drug-likeness (QED) is 0.663. The van der Waals surface area contributed by atoms with Gasteiger partial charge in [0.15, 0.2) is 5.75 Å². The van der Waals surface area contributed by atoms with E-state index in [2.05, 4.69) is 33.6 Å². The number of benzene rings is 1. The van der Waals surface area contributed by atoms with Crippen molar-refractivity contribution >= 4 is 28.3 Å². The third kappa shape index (κ3) is 3.27. The van der Waals surface area contributed by atoms with Gasteiger partial charge in [0.2, 0.25) is 0 Å². The Morgan fingerprint density at radius 3 is 2.72 bits per heavy atom. The van der Waals surface area contributed by atoms with Crippen molar-refractivity contribution in [3.8, 4) is 11.8 Å². The number of nitriles is 1. The van der Waals surface area contributed by atoms with Gasteiger partial charge < -0.3 is 10.5 Å². The zero-order chi connectivity index (χ0) is 13.0. The zero-order valence-electron chi connectivity index (χ0n) is 10.2. The van der Waals surface area contributed by atoms with Crippen LogP contribution in [0.25, 0.3) is 0 Å². The molecule has 0 atom stereocenters. The molecule has 4 nitrogen and oxygen atoms in total. The van der Waals surface area contributed by atoms with Crippen LogP contribution in [-0.4, -0.2) is 31.1 Å². The summed E-state index contributed by atoms with van der Waals surface area (Å²) in [6, 6.07) is 5.54. The Kier molecular flexibility index (Phi) is 4.66. The number of rotatable bonds is 4. The molecule has 0 aliphatic carbocycles. The fourth-order valence-corrected chi connectivity index (χ4v) is 2.92. The van der Waals surface area contributed by atoms with E-state index in [0.29, 0.717) is 23.6 Å². The van der Waals surface area contributed by atoms with Gasteiger partial charge in [-0.25, -0.2) is 0 Å². The third-order valence-corrected chi connectivity index (χ3v) is 3.86. The molecule has 1 fully saturated rings. The standard InChI is InChI=1S/C13H16IN3O/c14-11-7-10(9-15)8-12(16)13(11)18-6-5-17-3-1-2-4-17/h7-8H,1-6,16H2. The Morgan fingerprint density at radius 2 is 2.11 bits per heavy atom. The Hall–Kier alpha value is -1.00. The summed E-state index contributed by atoms with van der Waals surface area (Å²) < 4.78 is 6.64. The number of hydrogen-bond acceptors (Lipinski definition) is 4. The molecule has 0 amide bonds. The largest absolute Gasteiger partial charge is 0.489 e. The second-order valence-corrected chi connectivity index (χ2v) is 5.55. The molecule has 0 bridgehead atoms. The van der Waals surface area contributed by atoms with E-state index in [1.54, 1.807) is 12.1 Å². The molecule has 1 aliphatic heterocycles. The van der Waals surface area contributed by atoms with Crippen molar-refractivity contribution in [3.05, 3.63) is 21.3 Å². The Bertz CT molecular complexity index is 441. The lowest BCUT2D eigenvalue weighted by molar-refractivity contribution is 0.237. The first-order valence-corrected chi connectivity index (χ1v) is 7.13. The fourth-order valence-electron chi connectivity index (χ4n) is 2.11. The van der Waals surface area contributed by atoms with Crippen LogP contribution >= 0.6 is 22.6 Å². The minimum atomic E-state index is 0.542. The maximum atomic E-state index is 8.84. The average Bonchev–Trinajstić information content (AvgIpc) is 2.85. The number of hydrogen-bond donors (Lipinski definition) is 1. The van der Waals surface area contributed by atoms with Crippen LogP contribution in [0, 0.1) is 14.9 Å². The molecule has 2 rings (SSSR count). The molecule has 1 saturated heterocycles. The van der Waals surface area contributed by atoms with Crippen molar-refractivity contribution < 1.29 is 4.74 Å². The first-order chi connectivity index (χ1) is 8.70. The predicted molar refractivity (Wildman–Crippen MR) is 79.5 cm³/mol. The molecule has 0 radical (unpaired) electrons. The Balaban J connectivity index is 1.94. The summed E-state index contributed by atoms with van der Waals surface area (Å²) >= 11 is 2.15. The van der Waals surface area contributed by atoms with Gasteiger partial charge in [0.05, 0.1) is 20.9 Å². The fraction of sp³-hybridized carbons (Fsp3) is 0.462. The number of anilines is 1. The van der Waals surface area contributed by atoms with E-state index in [9.17, 15) is 0 Å². The number of likely N-dealkylation sites (tertiary alicyclic amines) is 1. The molecular weight excluding hydrogens is 341 g/mol. The van der Waals surface area contributed by atoms with Gasteiger partial charge in [-0.15, -0.1) is 0 Å². The molecule has 0 spiro atoms. The van der Waals surface area contributed by atoms with Crippen molar-refractivity contribution in [1.82, 2.24) is 4.90 Å². The van der Waals surface area contributed by atoms with Gasteiger partial charge in [0, 0.05) is 6.54 Å². The average molecular weight is 357 g/mol. The molecule has 1 heterocycles. The van der Waals surface area contributed by atoms with Crippen molar-refractivity contribution in [3.63, 3.8) is 0 Å². The highest BCUT2D eigenvalue weighted by molar-refractivity contribution is 14.1. The van der Waals surface area contributed by atoms with Crippen molar-refractivity contribution in [2.24, 2.45) is 0 Å². The van der Waals surface area contributed by atoms with Crippen LogP contribution in [0.3, 0.4) is 0 Å². The van der Waals surface area contributed by atoms with Gasteiger partial charge >= 0.3 is 0 Å². The highest BCUT2D eigenvalue weighted by atomic mass is 127. The highest BCUT2D eigenvalue weighted by Crippen LogP contribution is 2.29. The van der Waals surface area contributed by atoms with E-state index in [0.717, 1.165) is 10.1 Å². The van der Waals surface area contributed by atoms with E-state index in [1.165, 1.54) is 25.9 Å². The van der Waals surface area contributed by atoms with Crippen molar-refractivity contribution in [1.29, 1.82) is 5.26 Å². The van der Waals surface area contributed by atoms with E-state index in [-0.39, 0.29) is 0 Å². The zero-order valence-corrected chi connectivity index (χ0v) is 12.3. The lowest BCUT2D eigenvalue weighted by Gasteiger charge is -2.16. The number of nitrogens with two attached hydrogens (primary N) is 1. The molecule has 0 unspecified atom stereocenters. The van der Waals surface area contributed by atoms with E-state index >= 15 is 0 Å². The van der Waals surface area contributed by atoms with Crippen LogP contribution < -0.4 is 10.5 Å². The van der Waals surface area contributed by atoms with E-state index in [4.69, 9.17) is 15.7 Å². The van der Waals surface area contributed by atoms with Crippen LogP contribution in [-0.2, 0) is 0 Å². The van der Waals surface area contributed by atoms with Gasteiger partial charge in [0.25, 0.3) is 0 Å². The first-order valence-electron chi connectivity index (χ1n) is 6.05. The lowest BCUT2D eigenvalue weighted by Crippen LogP contribution is -2.25. The molecule has 96 valence electrons. The summed E-state index contributed by atoms with van der Waals surface area (Å²) in [4.78, 5) is 2.40. The van der Waals surface area contributed by atoms with Gasteiger partial charge in [-0.2, -0.15) is 5.26 Å². The molecule has 5 heteroatoms. The summed E-state index contributed by atoms with van der Waals surface area (Å²) in [6.45, 7) is 3.92. The number of ether oxygens (including phenoxy) is 1. The third-order valence-electron chi connectivity index (χ3n) is 3.05. The molecule has 1 aromatic carbocycles. The van der Waals surface area contributed by atoms with Crippen LogP contribution in [0.5, 0.6) is 5.75 Å². The minimum Gasteiger partial charge on any atom is -0.489 e. The summed E-state index contributed by atoms with van der Waals surface area (Å²) in [6.07, 6.45) is 2.58. The van der Waals surface area contributed by atoms with Gasteiger partial charge in [-0.05, 0) is 60.7 Å². The molecule has 2 N–H and O–H groups in total. The predicted octanol–water partition coefficient (Wildman–Crippen LogP) is 2.22. The maximum Gasteiger partial charge on any atom is 0.155 e. The summed E-state index contributed by atoms with van der Waals surface area (Å²) in [7, 11) is 0. The molecule has 0 aromatic heterocycles. The summed E-state index contributed by atoms with van der Waals surface area (Å²) in [5.74, 6) is 0.703. The summed E-state index contributed by atoms with van der Waals surface area (Å²) in [5, 5.41) is 8.84. The monoisotopic (exact) mass is 357 g/mol. The number of nitrogen functional groups attached to an aromatic ring is 1. The molecular formula is C13H16IN3O. The van der Waals surface area contributed by atoms with Crippen LogP contribution in [0.2, 0.25) is 0 Å². The van der Waals surface area contributed by atoms with Gasteiger partial charge in [-0.1, -0.05) is 0 Å². The molecule has 0 saturated carbocycles. The smallest absolute Gasteiger partial charge is 0.155 e. The maximum absolute atomic E-state index is 8.84. The van der Waals surface area contributed by atoms with Gasteiger partial charge in [-0.3, -0.25) is 4.90 Å². The Morgan fingerprint density at radius 1 is 1.39 bits per heavy atom. The molecule has 18 heavy (non-hydrogen) atoms. The highest BCUT2D eigenvalue weighted by Gasteiger charge is 2.12. The van der Waals surface area contributed by atoms with E-state index < -0.39 is 0 Å². The molecule has 1 aromatic rings. The van der Waals surface area contributed by atoms with Crippen LogP contribution in [0.4, 0.5) is 5.69 Å². The number of halogens is 1. The van der Waals surface area contributed by atoms with Crippen molar-refractivity contribution in [2.45, 2.75) is 12.8 Å². The van der Waals surface area contributed by atoms with Gasteiger partial charge in [0.1, 0.15) is 6.61 Å². The molecule has 1 aliphatic rings. The second-order valence-electron chi connectivity index (χ2n) is 4.39.